The molecule has 2 unspecified atom stereocenters. The summed E-state index contributed by atoms with van der Waals surface area (Å²) in [5.74, 6) is 0.124. The molecule has 1 aliphatic heterocycles. The maximum absolute atomic E-state index is 13.2. The number of rotatable bonds is 2. The van der Waals surface area contributed by atoms with E-state index < -0.39 is 0 Å². The molecule has 2 heterocycles. The zero-order valence-electron chi connectivity index (χ0n) is 15.0. The first-order valence-corrected chi connectivity index (χ1v) is 8.95. The molecule has 1 aliphatic rings. The number of benzene rings is 2. The molecule has 0 N–H and O–H groups in total. The van der Waals surface area contributed by atoms with E-state index in [2.05, 4.69) is 65.8 Å². The van der Waals surface area contributed by atoms with Crippen molar-refractivity contribution in [2.45, 2.75) is 25.3 Å². The molecule has 2 atom stereocenters. The van der Waals surface area contributed by atoms with Crippen molar-refractivity contribution >= 4 is 5.91 Å². The van der Waals surface area contributed by atoms with Crippen LogP contribution >= 0.6 is 0 Å². The lowest BCUT2D eigenvalue weighted by atomic mass is 9.83. The lowest BCUT2D eigenvalue weighted by molar-refractivity contribution is 0.0676. The summed E-state index contributed by atoms with van der Waals surface area (Å²) in [6, 6.07) is 19.0. The van der Waals surface area contributed by atoms with Crippen molar-refractivity contribution in [3.05, 3.63) is 83.2 Å². The minimum absolute atomic E-state index is 0.0151. The second kappa shape index (κ2) is 6.75. The number of hydrogen-bond donors (Lipinski definition) is 0. The SMILES string of the molecule is CC1C(c2ccccc2)c2ccccc2CCN1C(=O)c1cnnn1C. The van der Waals surface area contributed by atoms with E-state index in [1.54, 1.807) is 17.9 Å². The van der Waals surface area contributed by atoms with Crippen LogP contribution < -0.4 is 0 Å². The first-order valence-electron chi connectivity index (χ1n) is 8.95. The van der Waals surface area contributed by atoms with Crippen molar-refractivity contribution in [2.75, 3.05) is 6.54 Å². The number of nitrogens with zero attached hydrogens (tertiary/aromatic N) is 4. The lowest BCUT2D eigenvalue weighted by Crippen LogP contribution is -2.42. The quantitative estimate of drug-likeness (QED) is 0.717. The average Bonchev–Trinajstić information content (AvgIpc) is 3.03. The Morgan fingerprint density at radius 3 is 2.54 bits per heavy atom. The van der Waals surface area contributed by atoms with Crippen molar-refractivity contribution in [2.24, 2.45) is 7.05 Å². The number of amides is 1. The van der Waals surface area contributed by atoms with Gasteiger partial charge in [-0.3, -0.25) is 4.79 Å². The normalized spacial score (nSPS) is 19.7. The summed E-state index contributed by atoms with van der Waals surface area (Å²) in [7, 11) is 1.76. The Morgan fingerprint density at radius 2 is 1.81 bits per heavy atom. The van der Waals surface area contributed by atoms with Crippen LogP contribution in [0.1, 0.15) is 40.0 Å². The molecule has 0 bridgehead atoms. The van der Waals surface area contributed by atoms with E-state index in [9.17, 15) is 4.79 Å². The van der Waals surface area contributed by atoms with E-state index in [1.165, 1.54) is 16.7 Å². The van der Waals surface area contributed by atoms with E-state index >= 15 is 0 Å². The van der Waals surface area contributed by atoms with Gasteiger partial charge in [-0.05, 0) is 30.0 Å². The van der Waals surface area contributed by atoms with Gasteiger partial charge in [-0.1, -0.05) is 59.8 Å². The Morgan fingerprint density at radius 1 is 1.08 bits per heavy atom. The molecule has 5 nitrogen and oxygen atoms in total. The van der Waals surface area contributed by atoms with Crippen LogP contribution in [0, 0.1) is 0 Å². The van der Waals surface area contributed by atoms with E-state index in [4.69, 9.17) is 0 Å². The van der Waals surface area contributed by atoms with Crippen LogP contribution in [0.15, 0.2) is 60.8 Å². The van der Waals surface area contributed by atoms with Gasteiger partial charge < -0.3 is 4.90 Å². The van der Waals surface area contributed by atoms with Crippen LogP contribution in [0.2, 0.25) is 0 Å². The molecule has 0 saturated heterocycles. The van der Waals surface area contributed by atoms with Gasteiger partial charge in [0.1, 0.15) is 5.69 Å². The molecule has 0 saturated carbocycles. The molecule has 5 heteroatoms. The highest BCUT2D eigenvalue weighted by molar-refractivity contribution is 5.92. The average molecular weight is 346 g/mol. The van der Waals surface area contributed by atoms with Crippen molar-refractivity contribution in [3.8, 4) is 0 Å². The fourth-order valence-corrected chi connectivity index (χ4v) is 3.99. The molecule has 3 aromatic rings. The number of carbonyl (C=O) groups excluding carboxylic acids is 1. The van der Waals surface area contributed by atoms with Gasteiger partial charge in [0.15, 0.2) is 0 Å². The summed E-state index contributed by atoms with van der Waals surface area (Å²) in [6.45, 7) is 2.83. The van der Waals surface area contributed by atoms with Crippen LogP contribution in [0.4, 0.5) is 0 Å². The summed E-state index contributed by atoms with van der Waals surface area (Å²) < 4.78 is 1.55. The molecule has 1 aromatic heterocycles. The summed E-state index contributed by atoms with van der Waals surface area (Å²) in [5.41, 5.74) is 4.38. The second-order valence-electron chi connectivity index (χ2n) is 6.82. The zero-order chi connectivity index (χ0) is 18.1. The third-order valence-electron chi connectivity index (χ3n) is 5.34. The maximum Gasteiger partial charge on any atom is 0.274 e. The Balaban J connectivity index is 1.79. The highest BCUT2D eigenvalue weighted by Gasteiger charge is 2.34. The number of hydrogen-bond acceptors (Lipinski definition) is 3. The summed E-state index contributed by atoms with van der Waals surface area (Å²) in [6.07, 6.45) is 2.39. The van der Waals surface area contributed by atoms with Crippen LogP contribution in [0.3, 0.4) is 0 Å². The molecule has 0 spiro atoms. The number of aromatic nitrogens is 3. The highest BCUT2D eigenvalue weighted by Crippen LogP contribution is 2.36. The summed E-state index contributed by atoms with van der Waals surface area (Å²) in [5, 5.41) is 7.79. The molecule has 0 radical (unpaired) electrons. The highest BCUT2D eigenvalue weighted by atomic mass is 16.2. The van der Waals surface area contributed by atoms with Gasteiger partial charge in [-0.25, -0.2) is 4.68 Å². The molecular formula is C21H22N4O. The molecule has 2 aromatic carbocycles. The predicted octanol–water partition coefficient (Wildman–Crippen LogP) is 3.03. The minimum Gasteiger partial charge on any atom is -0.333 e. The van der Waals surface area contributed by atoms with Gasteiger partial charge in [-0.2, -0.15) is 0 Å². The van der Waals surface area contributed by atoms with Crippen molar-refractivity contribution in [3.63, 3.8) is 0 Å². The van der Waals surface area contributed by atoms with Crippen LogP contribution in [0.25, 0.3) is 0 Å². The van der Waals surface area contributed by atoms with E-state index in [1.807, 2.05) is 11.0 Å². The van der Waals surface area contributed by atoms with E-state index in [0.29, 0.717) is 12.2 Å². The fraction of sp³-hybridized carbons (Fsp3) is 0.286. The summed E-state index contributed by atoms with van der Waals surface area (Å²) in [4.78, 5) is 15.2. The lowest BCUT2D eigenvalue weighted by Gasteiger charge is -2.33. The van der Waals surface area contributed by atoms with Gasteiger partial charge in [0.25, 0.3) is 5.91 Å². The van der Waals surface area contributed by atoms with Crippen molar-refractivity contribution in [1.82, 2.24) is 19.9 Å². The molecule has 0 aliphatic carbocycles. The Bertz CT molecular complexity index is 919. The number of carbonyl (C=O) groups is 1. The molecule has 1 amide bonds. The van der Waals surface area contributed by atoms with Crippen LogP contribution in [-0.2, 0) is 13.5 Å². The van der Waals surface area contributed by atoms with Crippen molar-refractivity contribution < 1.29 is 4.79 Å². The molecule has 26 heavy (non-hydrogen) atoms. The topological polar surface area (TPSA) is 51.0 Å². The Labute approximate surface area is 153 Å². The third kappa shape index (κ3) is 2.79. The van der Waals surface area contributed by atoms with Crippen molar-refractivity contribution in [1.29, 1.82) is 0 Å². The summed E-state index contributed by atoms with van der Waals surface area (Å²) >= 11 is 0. The maximum atomic E-state index is 13.2. The van der Waals surface area contributed by atoms with Gasteiger partial charge in [0.05, 0.1) is 6.20 Å². The Hall–Kier alpha value is -2.95. The first-order chi connectivity index (χ1) is 12.7. The smallest absolute Gasteiger partial charge is 0.274 e. The van der Waals surface area contributed by atoms with Gasteiger partial charge in [-0.15, -0.1) is 5.10 Å². The van der Waals surface area contributed by atoms with Crippen LogP contribution in [-0.4, -0.2) is 38.4 Å². The fourth-order valence-electron chi connectivity index (χ4n) is 3.99. The van der Waals surface area contributed by atoms with Gasteiger partial charge in [0.2, 0.25) is 0 Å². The van der Waals surface area contributed by atoms with E-state index in [0.717, 1.165) is 6.42 Å². The number of aryl methyl sites for hydroxylation is 1. The monoisotopic (exact) mass is 346 g/mol. The minimum atomic E-state index is -0.0151. The molecular weight excluding hydrogens is 324 g/mol. The van der Waals surface area contributed by atoms with Crippen LogP contribution in [0.5, 0.6) is 0 Å². The standard InChI is InChI=1S/C21H22N4O/c1-15-20(17-9-4-3-5-10-17)18-11-7-6-8-16(18)12-13-25(15)21(26)19-14-22-23-24(19)2/h3-11,14-15,20H,12-13H2,1-2H3. The second-order valence-corrected chi connectivity index (χ2v) is 6.82. The van der Waals surface area contributed by atoms with E-state index in [-0.39, 0.29) is 17.9 Å². The van der Waals surface area contributed by atoms with Gasteiger partial charge in [0, 0.05) is 25.6 Å². The molecule has 132 valence electrons. The Kier molecular flexibility index (Phi) is 4.29. The molecule has 0 fully saturated rings. The largest absolute Gasteiger partial charge is 0.333 e. The third-order valence-corrected chi connectivity index (χ3v) is 5.34. The zero-order valence-corrected chi connectivity index (χ0v) is 15.0. The predicted molar refractivity (Wildman–Crippen MR) is 99.9 cm³/mol. The molecule has 4 rings (SSSR count). The van der Waals surface area contributed by atoms with Gasteiger partial charge >= 0.3 is 0 Å². The first kappa shape index (κ1) is 16.5. The number of fused-ring (bicyclic) bond motifs is 1.